The van der Waals surface area contributed by atoms with Crippen molar-refractivity contribution >= 4 is 38.5 Å². The lowest BCUT2D eigenvalue weighted by atomic mass is 10.1. The Morgan fingerprint density at radius 2 is 2.19 bits per heavy atom. The Bertz CT molecular complexity index is 633. The number of pyridine rings is 1. The van der Waals surface area contributed by atoms with Crippen LogP contribution in [-0.4, -0.2) is 36.3 Å². The highest BCUT2D eigenvalue weighted by Crippen LogP contribution is 2.27. The molecular weight excluding hydrogens is 334 g/mol. The van der Waals surface area contributed by atoms with E-state index in [1.54, 1.807) is 6.20 Å². The molecule has 1 heterocycles. The molecule has 0 saturated carbocycles. The average molecular weight is 352 g/mol. The summed E-state index contributed by atoms with van der Waals surface area (Å²) in [7, 11) is 2.04. The van der Waals surface area contributed by atoms with Gasteiger partial charge in [-0.15, -0.1) is 0 Å². The number of hydrogen-bond donors (Lipinski definition) is 2. The largest absolute Gasteiger partial charge is 0.465 e. The first-order valence-corrected chi connectivity index (χ1v) is 7.58. The second-order valence-corrected chi connectivity index (χ2v) is 5.74. The predicted molar refractivity (Wildman–Crippen MR) is 88.0 cm³/mol. The monoisotopic (exact) mass is 351 g/mol. The van der Waals surface area contributed by atoms with Crippen LogP contribution in [0.15, 0.2) is 35.1 Å². The normalized spacial score (nSPS) is 10.6. The van der Waals surface area contributed by atoms with E-state index in [0.29, 0.717) is 6.54 Å². The number of benzene rings is 1. The summed E-state index contributed by atoms with van der Waals surface area (Å²) < 4.78 is 0.987. The van der Waals surface area contributed by atoms with Gasteiger partial charge in [-0.2, -0.15) is 0 Å². The van der Waals surface area contributed by atoms with Crippen molar-refractivity contribution < 1.29 is 9.90 Å². The Morgan fingerprint density at radius 1 is 1.38 bits per heavy atom. The summed E-state index contributed by atoms with van der Waals surface area (Å²) in [6.45, 7) is 1.38. The molecule has 0 fully saturated rings. The molecule has 0 aliphatic carbocycles. The molecule has 2 rings (SSSR count). The van der Waals surface area contributed by atoms with Crippen molar-refractivity contribution in [1.29, 1.82) is 0 Å². The first kappa shape index (κ1) is 15.6. The fourth-order valence-electron chi connectivity index (χ4n) is 2.15. The van der Waals surface area contributed by atoms with Gasteiger partial charge in [-0.1, -0.05) is 6.07 Å². The van der Waals surface area contributed by atoms with Crippen molar-refractivity contribution in [2.24, 2.45) is 0 Å². The zero-order chi connectivity index (χ0) is 15.2. The van der Waals surface area contributed by atoms with Crippen molar-refractivity contribution in [1.82, 2.24) is 10.3 Å². The molecule has 1 aromatic heterocycles. The number of unbranched alkanes of at least 4 members (excludes halogenated alkanes) is 1. The highest BCUT2D eigenvalue weighted by molar-refractivity contribution is 9.10. The van der Waals surface area contributed by atoms with Crippen LogP contribution >= 0.6 is 15.9 Å². The van der Waals surface area contributed by atoms with Crippen LogP contribution < -0.4 is 10.2 Å². The molecule has 0 spiro atoms. The lowest BCUT2D eigenvalue weighted by molar-refractivity contribution is 0.194. The Balaban J connectivity index is 1.94. The summed E-state index contributed by atoms with van der Waals surface area (Å²) in [6.07, 6.45) is 4.45. The Labute approximate surface area is 132 Å². The Morgan fingerprint density at radius 3 is 2.95 bits per heavy atom. The molecule has 0 radical (unpaired) electrons. The van der Waals surface area contributed by atoms with Gasteiger partial charge in [0.1, 0.15) is 0 Å². The molecule has 1 aromatic carbocycles. The van der Waals surface area contributed by atoms with Gasteiger partial charge in [-0.05, 0) is 40.9 Å². The van der Waals surface area contributed by atoms with E-state index in [2.05, 4.69) is 49.3 Å². The van der Waals surface area contributed by atoms with Crippen LogP contribution in [0.3, 0.4) is 0 Å². The Kier molecular flexibility index (Phi) is 5.38. The van der Waals surface area contributed by atoms with E-state index in [4.69, 9.17) is 5.11 Å². The van der Waals surface area contributed by atoms with E-state index < -0.39 is 6.09 Å². The molecule has 2 N–H and O–H groups in total. The standard InChI is InChI=1S/C15H18BrN3O2/c1-19(7-3-2-6-18-15(20)21)12-5-4-11-9-17-10-14(16)13(11)8-12/h4-5,8-10,18H,2-3,6-7H2,1H3,(H,20,21). The smallest absolute Gasteiger partial charge is 0.404 e. The number of hydrogen-bond acceptors (Lipinski definition) is 3. The van der Waals surface area contributed by atoms with E-state index in [0.717, 1.165) is 40.3 Å². The molecule has 2 aromatic rings. The molecule has 0 saturated heterocycles. The molecule has 21 heavy (non-hydrogen) atoms. The van der Waals surface area contributed by atoms with Gasteiger partial charge in [0.2, 0.25) is 0 Å². The van der Waals surface area contributed by atoms with E-state index in [1.165, 1.54) is 0 Å². The van der Waals surface area contributed by atoms with Crippen LogP contribution in [-0.2, 0) is 0 Å². The topological polar surface area (TPSA) is 65.5 Å². The number of fused-ring (bicyclic) bond motifs is 1. The summed E-state index contributed by atoms with van der Waals surface area (Å²) in [4.78, 5) is 16.7. The fraction of sp³-hybridized carbons (Fsp3) is 0.333. The van der Waals surface area contributed by atoms with Crippen LogP contribution in [0.2, 0.25) is 0 Å². The SMILES string of the molecule is CN(CCCCNC(=O)O)c1ccc2cncc(Br)c2c1. The lowest BCUT2D eigenvalue weighted by Gasteiger charge is -2.20. The zero-order valence-corrected chi connectivity index (χ0v) is 13.4. The number of rotatable bonds is 6. The minimum atomic E-state index is -0.962. The van der Waals surface area contributed by atoms with Crippen molar-refractivity contribution in [2.45, 2.75) is 12.8 Å². The number of nitrogens with zero attached hydrogens (tertiary/aromatic N) is 2. The average Bonchev–Trinajstić information content (AvgIpc) is 2.46. The molecule has 0 aliphatic heterocycles. The minimum Gasteiger partial charge on any atom is -0.465 e. The summed E-state index contributed by atoms with van der Waals surface area (Å²) in [6, 6.07) is 6.27. The summed E-state index contributed by atoms with van der Waals surface area (Å²) in [5.41, 5.74) is 1.14. The van der Waals surface area contributed by atoms with Crippen LogP contribution in [0.5, 0.6) is 0 Å². The van der Waals surface area contributed by atoms with Gasteiger partial charge in [0.25, 0.3) is 0 Å². The number of aromatic nitrogens is 1. The van der Waals surface area contributed by atoms with Crippen molar-refractivity contribution in [3.8, 4) is 0 Å². The van der Waals surface area contributed by atoms with Gasteiger partial charge in [0.05, 0.1) is 0 Å². The molecule has 0 atom stereocenters. The van der Waals surface area contributed by atoms with Crippen LogP contribution in [0.1, 0.15) is 12.8 Å². The third-order valence-electron chi connectivity index (χ3n) is 3.33. The zero-order valence-electron chi connectivity index (χ0n) is 11.8. The first-order chi connectivity index (χ1) is 10.1. The summed E-state index contributed by atoms with van der Waals surface area (Å²) >= 11 is 3.52. The number of amides is 1. The van der Waals surface area contributed by atoms with E-state index in [1.807, 2.05) is 13.2 Å². The Hall–Kier alpha value is -1.82. The van der Waals surface area contributed by atoms with Crippen LogP contribution in [0, 0.1) is 0 Å². The highest BCUT2D eigenvalue weighted by atomic mass is 79.9. The van der Waals surface area contributed by atoms with E-state index >= 15 is 0 Å². The van der Waals surface area contributed by atoms with Gasteiger partial charge in [0.15, 0.2) is 0 Å². The van der Waals surface area contributed by atoms with Gasteiger partial charge < -0.3 is 15.3 Å². The van der Waals surface area contributed by atoms with Gasteiger partial charge in [-0.25, -0.2) is 4.79 Å². The summed E-state index contributed by atoms with van der Waals surface area (Å²) in [5, 5.41) is 13.1. The molecule has 0 bridgehead atoms. The second kappa shape index (κ2) is 7.26. The van der Waals surface area contributed by atoms with Crippen molar-refractivity contribution in [2.75, 3.05) is 25.0 Å². The first-order valence-electron chi connectivity index (χ1n) is 6.79. The molecule has 0 unspecified atom stereocenters. The molecule has 6 heteroatoms. The molecule has 5 nitrogen and oxygen atoms in total. The van der Waals surface area contributed by atoms with E-state index in [9.17, 15) is 4.79 Å². The number of carbonyl (C=O) groups is 1. The molecule has 0 aliphatic rings. The van der Waals surface area contributed by atoms with Crippen molar-refractivity contribution in [3.63, 3.8) is 0 Å². The third-order valence-corrected chi connectivity index (χ3v) is 3.96. The lowest BCUT2D eigenvalue weighted by Crippen LogP contribution is -2.24. The molecule has 1 amide bonds. The maximum absolute atomic E-state index is 10.3. The maximum atomic E-state index is 10.3. The highest BCUT2D eigenvalue weighted by Gasteiger charge is 2.05. The number of carboxylic acid groups (broad SMARTS) is 1. The molecule has 112 valence electrons. The number of anilines is 1. The number of nitrogens with one attached hydrogen (secondary N) is 1. The maximum Gasteiger partial charge on any atom is 0.404 e. The minimum absolute atomic E-state index is 0.498. The number of halogens is 1. The van der Waals surface area contributed by atoms with Gasteiger partial charge in [-0.3, -0.25) is 4.98 Å². The van der Waals surface area contributed by atoms with Gasteiger partial charge in [0, 0.05) is 53.5 Å². The quantitative estimate of drug-likeness (QED) is 0.782. The van der Waals surface area contributed by atoms with Crippen molar-refractivity contribution in [3.05, 3.63) is 35.1 Å². The van der Waals surface area contributed by atoms with Crippen LogP contribution in [0.25, 0.3) is 10.8 Å². The van der Waals surface area contributed by atoms with Crippen LogP contribution in [0.4, 0.5) is 10.5 Å². The summed E-state index contributed by atoms with van der Waals surface area (Å²) in [5.74, 6) is 0. The third kappa shape index (κ3) is 4.32. The van der Waals surface area contributed by atoms with Gasteiger partial charge >= 0.3 is 6.09 Å². The molecular formula is C15H18BrN3O2. The predicted octanol–water partition coefficient (Wildman–Crippen LogP) is 3.48. The van der Waals surface area contributed by atoms with E-state index in [-0.39, 0.29) is 0 Å². The second-order valence-electron chi connectivity index (χ2n) is 4.89. The fourth-order valence-corrected chi connectivity index (χ4v) is 2.61.